The van der Waals surface area contributed by atoms with Crippen LogP contribution in [0.15, 0.2) is 64.2 Å². The normalized spacial score (nSPS) is 12.0. The molecule has 3 rings (SSSR count). The van der Waals surface area contributed by atoms with Crippen LogP contribution in [0.5, 0.6) is 0 Å². The molecule has 0 saturated carbocycles. The van der Waals surface area contributed by atoms with Gasteiger partial charge in [0.15, 0.2) is 20.6 Å². The number of sulfone groups is 1. The molecule has 1 aromatic carbocycles. The molecule has 0 atom stereocenters. The van der Waals surface area contributed by atoms with E-state index in [0.717, 1.165) is 18.4 Å². The van der Waals surface area contributed by atoms with Crippen molar-refractivity contribution in [3.05, 3.63) is 66.1 Å². The molecule has 0 aliphatic rings. The summed E-state index contributed by atoms with van der Waals surface area (Å²) in [6, 6.07) is 9.85. The summed E-state index contributed by atoms with van der Waals surface area (Å²) in [6.07, 6.45) is -2.31. The third-order valence-corrected chi connectivity index (χ3v) is 4.68. The van der Waals surface area contributed by atoms with Crippen LogP contribution in [0.25, 0.3) is 11.3 Å². The van der Waals surface area contributed by atoms with Gasteiger partial charge in [0, 0.05) is 11.8 Å². The number of alkyl halides is 3. The second-order valence-corrected chi connectivity index (χ2v) is 7.82. The molecule has 0 fully saturated rings. The summed E-state index contributed by atoms with van der Waals surface area (Å²) in [4.78, 5) is 16.0. The summed E-state index contributed by atoms with van der Waals surface area (Å²) in [5.74, 6) is -0.687. The van der Waals surface area contributed by atoms with Crippen LogP contribution < -0.4 is 5.32 Å². The molecule has 0 saturated heterocycles. The molecule has 2 heterocycles. The van der Waals surface area contributed by atoms with Crippen LogP contribution >= 0.6 is 0 Å². The number of rotatable bonds is 4. The van der Waals surface area contributed by atoms with Crippen LogP contribution in [0.3, 0.4) is 0 Å². The molecule has 0 aliphatic heterocycles. The summed E-state index contributed by atoms with van der Waals surface area (Å²) < 4.78 is 66.6. The van der Waals surface area contributed by atoms with Crippen LogP contribution in [0.4, 0.5) is 18.9 Å². The number of anilines is 1. The SMILES string of the molecule is CS(=O)(=O)c1ccc(NC(=O)c2ccc(-c3cccc(C(F)(F)F)c3)o2)cn1. The molecule has 0 bridgehead atoms. The van der Waals surface area contributed by atoms with E-state index in [1.165, 1.54) is 42.6 Å². The highest BCUT2D eigenvalue weighted by atomic mass is 32.2. The summed E-state index contributed by atoms with van der Waals surface area (Å²) >= 11 is 0. The second-order valence-electron chi connectivity index (χ2n) is 5.85. The van der Waals surface area contributed by atoms with E-state index in [-0.39, 0.29) is 27.8 Å². The fourth-order valence-electron chi connectivity index (χ4n) is 2.33. The van der Waals surface area contributed by atoms with E-state index in [9.17, 15) is 26.4 Å². The minimum Gasteiger partial charge on any atom is -0.451 e. The predicted molar refractivity (Wildman–Crippen MR) is 94.4 cm³/mol. The van der Waals surface area contributed by atoms with Gasteiger partial charge < -0.3 is 9.73 Å². The number of furan rings is 1. The largest absolute Gasteiger partial charge is 0.451 e. The van der Waals surface area contributed by atoms with Crippen molar-refractivity contribution in [1.82, 2.24) is 4.98 Å². The first-order valence-corrected chi connectivity index (χ1v) is 9.68. The number of hydrogen-bond acceptors (Lipinski definition) is 5. The summed E-state index contributed by atoms with van der Waals surface area (Å²) in [5.41, 5.74) is -0.424. The number of amides is 1. The maximum Gasteiger partial charge on any atom is 0.416 e. The van der Waals surface area contributed by atoms with Gasteiger partial charge in [-0.05, 0) is 36.4 Å². The molecule has 6 nitrogen and oxygen atoms in total. The molecular formula is C18H13F3N2O4S. The van der Waals surface area contributed by atoms with Gasteiger partial charge in [-0.3, -0.25) is 4.79 Å². The van der Waals surface area contributed by atoms with Crippen LogP contribution in [-0.2, 0) is 16.0 Å². The Morgan fingerprint density at radius 2 is 1.86 bits per heavy atom. The number of halogens is 3. The third-order valence-electron chi connectivity index (χ3n) is 3.68. The van der Waals surface area contributed by atoms with Crippen LogP contribution in [0.2, 0.25) is 0 Å². The summed E-state index contributed by atoms with van der Waals surface area (Å²) in [6.45, 7) is 0. The van der Waals surface area contributed by atoms with Crippen molar-refractivity contribution in [3.63, 3.8) is 0 Å². The van der Waals surface area contributed by atoms with Gasteiger partial charge in [0.2, 0.25) is 0 Å². The molecule has 1 N–H and O–H groups in total. The average molecular weight is 410 g/mol. The minimum absolute atomic E-state index is 0.0989. The fourth-order valence-corrected chi connectivity index (χ4v) is 2.89. The number of hydrogen-bond donors (Lipinski definition) is 1. The molecule has 3 aromatic rings. The van der Waals surface area contributed by atoms with E-state index in [1.54, 1.807) is 0 Å². The monoisotopic (exact) mass is 410 g/mol. The third kappa shape index (κ3) is 4.39. The second kappa shape index (κ2) is 7.12. The first-order chi connectivity index (χ1) is 13.0. The number of carbonyl (C=O) groups excluding carboxylic acids is 1. The Kier molecular flexibility index (Phi) is 4.99. The van der Waals surface area contributed by atoms with Gasteiger partial charge in [0.05, 0.1) is 17.4 Å². The Morgan fingerprint density at radius 3 is 2.46 bits per heavy atom. The summed E-state index contributed by atoms with van der Waals surface area (Å²) in [5, 5.41) is 2.32. The average Bonchev–Trinajstić information content (AvgIpc) is 3.11. The highest BCUT2D eigenvalue weighted by Crippen LogP contribution is 2.32. The van der Waals surface area contributed by atoms with E-state index in [0.29, 0.717) is 0 Å². The lowest BCUT2D eigenvalue weighted by molar-refractivity contribution is -0.137. The van der Waals surface area contributed by atoms with Crippen molar-refractivity contribution in [2.24, 2.45) is 0 Å². The number of carbonyl (C=O) groups is 1. The molecule has 146 valence electrons. The maximum absolute atomic E-state index is 12.8. The predicted octanol–water partition coefficient (Wildman–Crippen LogP) is 4.02. The van der Waals surface area contributed by atoms with Gasteiger partial charge in [-0.2, -0.15) is 13.2 Å². The van der Waals surface area contributed by atoms with Gasteiger partial charge >= 0.3 is 6.18 Å². The number of pyridine rings is 1. The first kappa shape index (κ1) is 19.6. The van der Waals surface area contributed by atoms with Crippen molar-refractivity contribution in [3.8, 4) is 11.3 Å². The Hall–Kier alpha value is -3.14. The highest BCUT2D eigenvalue weighted by molar-refractivity contribution is 7.90. The Bertz CT molecular complexity index is 1120. The Labute approximate surface area is 157 Å². The molecule has 0 spiro atoms. The fraction of sp³-hybridized carbons (Fsp3) is 0.111. The van der Waals surface area contributed by atoms with Gasteiger partial charge in [-0.1, -0.05) is 12.1 Å². The molecule has 0 unspecified atom stereocenters. The van der Waals surface area contributed by atoms with E-state index >= 15 is 0 Å². The smallest absolute Gasteiger partial charge is 0.416 e. The zero-order valence-corrected chi connectivity index (χ0v) is 15.1. The number of aromatic nitrogens is 1. The zero-order valence-electron chi connectivity index (χ0n) is 14.3. The van der Waals surface area contributed by atoms with Gasteiger partial charge in [-0.25, -0.2) is 13.4 Å². The maximum atomic E-state index is 12.8. The van der Waals surface area contributed by atoms with Crippen molar-refractivity contribution in [2.45, 2.75) is 11.2 Å². The lowest BCUT2D eigenvalue weighted by Crippen LogP contribution is -2.11. The topological polar surface area (TPSA) is 89.3 Å². The zero-order chi connectivity index (χ0) is 20.5. The Balaban J connectivity index is 1.78. The number of benzene rings is 1. The molecule has 0 radical (unpaired) electrons. The Morgan fingerprint density at radius 1 is 1.11 bits per heavy atom. The molecule has 1 amide bonds. The molecular weight excluding hydrogens is 397 g/mol. The van der Waals surface area contributed by atoms with E-state index in [4.69, 9.17) is 4.42 Å². The number of nitrogens with zero attached hydrogens (tertiary/aromatic N) is 1. The van der Waals surface area contributed by atoms with Crippen molar-refractivity contribution in [1.29, 1.82) is 0 Å². The molecule has 2 aromatic heterocycles. The van der Waals surface area contributed by atoms with Crippen molar-refractivity contribution < 1.29 is 30.8 Å². The van der Waals surface area contributed by atoms with Crippen LogP contribution in [0, 0.1) is 0 Å². The van der Waals surface area contributed by atoms with Crippen molar-refractivity contribution in [2.75, 3.05) is 11.6 Å². The standard InChI is InChI=1S/C18H13F3N2O4S/c1-28(25,26)16-8-5-13(10-22-16)23-17(24)15-7-6-14(27-15)11-3-2-4-12(9-11)18(19,20)21/h2-10H,1H3,(H,23,24). The highest BCUT2D eigenvalue weighted by Gasteiger charge is 2.30. The quantitative estimate of drug-likeness (QED) is 0.702. The van der Waals surface area contributed by atoms with Gasteiger partial charge in [0.1, 0.15) is 5.76 Å². The lowest BCUT2D eigenvalue weighted by Gasteiger charge is -2.07. The molecule has 0 aliphatic carbocycles. The van der Waals surface area contributed by atoms with Crippen molar-refractivity contribution >= 4 is 21.4 Å². The summed E-state index contributed by atoms with van der Waals surface area (Å²) in [7, 11) is -3.46. The van der Waals surface area contributed by atoms with Gasteiger partial charge in [-0.15, -0.1) is 0 Å². The van der Waals surface area contributed by atoms with Gasteiger partial charge in [0.25, 0.3) is 5.91 Å². The number of nitrogens with one attached hydrogen (secondary N) is 1. The van der Waals surface area contributed by atoms with E-state index in [1.807, 2.05) is 0 Å². The van der Waals surface area contributed by atoms with Crippen LogP contribution in [0.1, 0.15) is 16.1 Å². The lowest BCUT2D eigenvalue weighted by atomic mass is 10.1. The minimum atomic E-state index is -4.49. The van der Waals surface area contributed by atoms with E-state index < -0.39 is 27.5 Å². The molecule has 10 heteroatoms. The van der Waals surface area contributed by atoms with E-state index in [2.05, 4.69) is 10.3 Å². The first-order valence-electron chi connectivity index (χ1n) is 7.79. The van der Waals surface area contributed by atoms with Crippen LogP contribution in [-0.4, -0.2) is 25.6 Å². The molecule has 28 heavy (non-hydrogen) atoms.